The summed E-state index contributed by atoms with van der Waals surface area (Å²) in [5.74, 6) is -2.83. The lowest BCUT2D eigenvalue weighted by atomic mass is 10.1. The first-order valence-electron chi connectivity index (χ1n) is 5.08. The van der Waals surface area contributed by atoms with Crippen molar-refractivity contribution < 1.29 is 29.4 Å². The van der Waals surface area contributed by atoms with Gasteiger partial charge in [0, 0.05) is 12.2 Å². The molecule has 1 aliphatic heterocycles. The topological polar surface area (TPSA) is 133 Å². The molecule has 1 saturated heterocycles. The van der Waals surface area contributed by atoms with E-state index in [2.05, 4.69) is 10.6 Å². The summed E-state index contributed by atoms with van der Waals surface area (Å²) in [7, 11) is 0. The van der Waals surface area contributed by atoms with Gasteiger partial charge < -0.3 is 20.8 Å². The highest BCUT2D eigenvalue weighted by Gasteiger charge is 2.31. The molecule has 1 aliphatic rings. The van der Waals surface area contributed by atoms with Crippen molar-refractivity contribution in [2.45, 2.75) is 24.9 Å². The molecule has 8 nitrogen and oxygen atoms in total. The average molecular weight is 276 g/mol. The van der Waals surface area contributed by atoms with Gasteiger partial charge in [0.15, 0.2) is 0 Å². The first-order valence-corrected chi connectivity index (χ1v) is 6.07. The molecule has 0 aliphatic carbocycles. The Hall–Kier alpha value is -1.77. The van der Waals surface area contributed by atoms with Crippen molar-refractivity contribution in [3.05, 3.63) is 0 Å². The molecule has 4 N–H and O–H groups in total. The van der Waals surface area contributed by atoms with Crippen LogP contribution in [0.4, 0.5) is 4.79 Å². The van der Waals surface area contributed by atoms with Gasteiger partial charge in [0.25, 0.3) is 5.24 Å². The van der Waals surface area contributed by atoms with E-state index in [4.69, 9.17) is 10.2 Å². The van der Waals surface area contributed by atoms with Crippen LogP contribution in [0.3, 0.4) is 0 Å². The number of carbonyl (C=O) groups excluding carboxylic acids is 2. The second kappa shape index (κ2) is 6.24. The SMILES string of the molecule is O=C(O)CCC(NC(=O)C1CSC(=O)N1)C(=O)O. The molecule has 0 radical (unpaired) electrons. The Bertz CT molecular complexity index is 385. The molecule has 2 unspecified atom stereocenters. The number of aliphatic carboxylic acids is 2. The van der Waals surface area contributed by atoms with Gasteiger partial charge in [-0.1, -0.05) is 11.8 Å². The summed E-state index contributed by atoms with van der Waals surface area (Å²) in [5.41, 5.74) is 0. The minimum Gasteiger partial charge on any atom is -0.481 e. The molecule has 0 aromatic heterocycles. The first kappa shape index (κ1) is 14.3. The Morgan fingerprint density at radius 2 is 2.11 bits per heavy atom. The summed E-state index contributed by atoms with van der Waals surface area (Å²) < 4.78 is 0. The van der Waals surface area contributed by atoms with Crippen molar-refractivity contribution >= 4 is 34.8 Å². The zero-order valence-corrected chi connectivity index (χ0v) is 10.0. The van der Waals surface area contributed by atoms with Gasteiger partial charge in [-0.15, -0.1) is 0 Å². The van der Waals surface area contributed by atoms with Gasteiger partial charge in [0.2, 0.25) is 5.91 Å². The van der Waals surface area contributed by atoms with Gasteiger partial charge in [-0.25, -0.2) is 4.79 Å². The molecule has 1 heterocycles. The third-order valence-electron chi connectivity index (χ3n) is 2.25. The molecule has 1 fully saturated rings. The lowest BCUT2D eigenvalue weighted by Gasteiger charge is -2.16. The molecule has 0 bridgehead atoms. The average Bonchev–Trinajstić information content (AvgIpc) is 2.70. The van der Waals surface area contributed by atoms with Crippen LogP contribution in [0, 0.1) is 0 Å². The Morgan fingerprint density at radius 3 is 2.56 bits per heavy atom. The van der Waals surface area contributed by atoms with Gasteiger partial charge in [0.1, 0.15) is 12.1 Å². The summed E-state index contributed by atoms with van der Waals surface area (Å²) in [6, 6.07) is -2.04. The van der Waals surface area contributed by atoms with Crippen LogP contribution in [0.25, 0.3) is 0 Å². The number of rotatable bonds is 6. The standard InChI is InChI=1S/C9H12N2O6S/c12-6(13)2-1-4(8(15)16)10-7(14)5-3-18-9(17)11-5/h4-5H,1-3H2,(H,10,14)(H,11,17)(H,12,13)(H,15,16). The van der Waals surface area contributed by atoms with Crippen molar-refractivity contribution in [2.24, 2.45) is 0 Å². The number of carbonyl (C=O) groups is 4. The van der Waals surface area contributed by atoms with Crippen LogP contribution < -0.4 is 10.6 Å². The zero-order chi connectivity index (χ0) is 13.7. The van der Waals surface area contributed by atoms with E-state index < -0.39 is 29.9 Å². The third kappa shape index (κ3) is 4.24. The van der Waals surface area contributed by atoms with E-state index in [1.54, 1.807) is 0 Å². The molecule has 1 rings (SSSR count). The normalized spacial score (nSPS) is 20.0. The molecule has 100 valence electrons. The predicted octanol–water partition coefficient (Wildman–Crippen LogP) is -0.754. The van der Waals surface area contributed by atoms with Crippen LogP contribution in [0.1, 0.15) is 12.8 Å². The van der Waals surface area contributed by atoms with Crippen LogP contribution in [-0.4, -0.2) is 51.1 Å². The maximum Gasteiger partial charge on any atom is 0.326 e. The van der Waals surface area contributed by atoms with Crippen molar-refractivity contribution in [2.75, 3.05) is 5.75 Å². The van der Waals surface area contributed by atoms with Crippen LogP contribution >= 0.6 is 11.8 Å². The number of carboxylic acids is 2. The Kier molecular flexibility index (Phi) is 4.95. The Morgan fingerprint density at radius 1 is 1.44 bits per heavy atom. The number of thioether (sulfide) groups is 1. The van der Waals surface area contributed by atoms with E-state index in [9.17, 15) is 19.2 Å². The summed E-state index contributed by atoms with van der Waals surface area (Å²) in [6.07, 6.45) is -0.562. The van der Waals surface area contributed by atoms with Crippen LogP contribution in [0.15, 0.2) is 0 Å². The zero-order valence-electron chi connectivity index (χ0n) is 9.21. The van der Waals surface area contributed by atoms with Crippen LogP contribution in [0.2, 0.25) is 0 Å². The second-order valence-electron chi connectivity index (χ2n) is 3.63. The van der Waals surface area contributed by atoms with E-state index in [0.29, 0.717) is 0 Å². The smallest absolute Gasteiger partial charge is 0.326 e. The molecule has 2 amide bonds. The third-order valence-corrected chi connectivity index (χ3v) is 3.13. The first-order chi connectivity index (χ1) is 8.40. The van der Waals surface area contributed by atoms with Crippen LogP contribution in [0.5, 0.6) is 0 Å². The number of amides is 2. The number of carboxylic acid groups (broad SMARTS) is 2. The minimum atomic E-state index is -1.30. The number of hydrogen-bond donors (Lipinski definition) is 4. The Balaban J connectivity index is 2.49. The second-order valence-corrected chi connectivity index (χ2v) is 4.62. The fourth-order valence-corrected chi connectivity index (χ4v) is 2.10. The summed E-state index contributed by atoms with van der Waals surface area (Å²) >= 11 is 0.935. The molecule has 0 aromatic rings. The van der Waals surface area contributed by atoms with E-state index >= 15 is 0 Å². The van der Waals surface area contributed by atoms with Crippen molar-refractivity contribution in [3.8, 4) is 0 Å². The van der Waals surface area contributed by atoms with Gasteiger partial charge in [0.05, 0.1) is 0 Å². The summed E-state index contributed by atoms with van der Waals surface area (Å²) in [4.78, 5) is 43.6. The van der Waals surface area contributed by atoms with Gasteiger partial charge in [-0.2, -0.15) is 0 Å². The summed E-state index contributed by atoms with van der Waals surface area (Å²) in [5, 5.41) is 21.5. The lowest BCUT2D eigenvalue weighted by molar-refractivity contribution is -0.143. The van der Waals surface area contributed by atoms with E-state index in [-0.39, 0.29) is 23.8 Å². The van der Waals surface area contributed by atoms with Gasteiger partial charge in [-0.3, -0.25) is 14.4 Å². The van der Waals surface area contributed by atoms with Crippen molar-refractivity contribution in [3.63, 3.8) is 0 Å². The lowest BCUT2D eigenvalue weighted by Crippen LogP contribution is -2.49. The highest BCUT2D eigenvalue weighted by molar-refractivity contribution is 8.14. The fourth-order valence-electron chi connectivity index (χ4n) is 1.32. The maximum absolute atomic E-state index is 11.6. The molecule has 0 saturated carbocycles. The van der Waals surface area contributed by atoms with Crippen molar-refractivity contribution in [1.29, 1.82) is 0 Å². The van der Waals surface area contributed by atoms with E-state index in [1.807, 2.05) is 0 Å². The molecule has 18 heavy (non-hydrogen) atoms. The monoisotopic (exact) mass is 276 g/mol. The van der Waals surface area contributed by atoms with E-state index in [0.717, 1.165) is 11.8 Å². The highest BCUT2D eigenvalue weighted by atomic mass is 32.2. The highest BCUT2D eigenvalue weighted by Crippen LogP contribution is 2.13. The number of nitrogens with one attached hydrogen (secondary N) is 2. The molecule has 0 spiro atoms. The van der Waals surface area contributed by atoms with Gasteiger partial charge >= 0.3 is 11.9 Å². The maximum atomic E-state index is 11.6. The molecular weight excluding hydrogens is 264 g/mol. The molecule has 9 heteroatoms. The quantitative estimate of drug-likeness (QED) is 0.501. The molecule has 0 aromatic carbocycles. The Labute approximate surface area is 106 Å². The predicted molar refractivity (Wildman–Crippen MR) is 61.2 cm³/mol. The molecular formula is C9H12N2O6S. The van der Waals surface area contributed by atoms with Crippen molar-refractivity contribution in [1.82, 2.24) is 10.6 Å². The summed E-state index contributed by atoms with van der Waals surface area (Å²) in [6.45, 7) is 0. The minimum absolute atomic E-state index is 0.204. The number of hydrogen-bond acceptors (Lipinski definition) is 5. The largest absolute Gasteiger partial charge is 0.481 e. The van der Waals surface area contributed by atoms with E-state index in [1.165, 1.54) is 0 Å². The molecule has 2 atom stereocenters. The fraction of sp³-hybridized carbons (Fsp3) is 0.556. The van der Waals surface area contributed by atoms with Crippen LogP contribution in [-0.2, 0) is 14.4 Å². The van der Waals surface area contributed by atoms with Gasteiger partial charge in [-0.05, 0) is 6.42 Å².